The molecule has 0 saturated carbocycles. The Bertz CT molecular complexity index is 2650. The van der Waals surface area contributed by atoms with Crippen molar-refractivity contribution in [3.05, 3.63) is 104 Å². The molecular formula is C46H51ClN10O4S. The van der Waals surface area contributed by atoms with Crippen molar-refractivity contribution >= 4 is 40.2 Å². The lowest BCUT2D eigenvalue weighted by atomic mass is 9.95. The highest BCUT2D eigenvalue weighted by Gasteiger charge is 2.34. The Kier molecular flexibility index (Phi) is 11.3. The lowest BCUT2D eigenvalue weighted by Gasteiger charge is -2.39. The SMILES string of the molecule is Cc1sc2c(c1C)C(c1ccc(Cl)cc1)=N[C@@H](CC(=O)N1CCC(CN3CCN(c4ccc(-n5c(O)nnc5-c5cc(C(C)C)c(O)cc5O)cc4)CC3)CC1)c1nnc(C)n1-2. The van der Waals surface area contributed by atoms with E-state index in [0.29, 0.717) is 33.6 Å². The zero-order valence-electron chi connectivity index (χ0n) is 35.6. The van der Waals surface area contributed by atoms with Crippen LogP contribution in [-0.4, -0.2) is 112 Å². The first-order valence-corrected chi connectivity index (χ1v) is 22.5. The number of carbonyl (C=O) groups is 1. The van der Waals surface area contributed by atoms with Gasteiger partial charge >= 0.3 is 6.01 Å². The zero-order chi connectivity index (χ0) is 43.4. The standard InChI is InChI=1S/C46H51ClN10O4S/c1-26(2)35-22-36(39(59)24-38(35)58)43-50-52-46(61)57(43)34-12-10-33(11-13-34)54-20-18-53(19-21-54)25-30-14-16-55(17-15-30)40(60)23-37-44-51-49-29(5)56(44)45-41(27(3)28(4)62-45)42(48-37)31-6-8-32(47)9-7-31/h6-13,22,24,26,30,37,58-59H,14-21,23,25H2,1-5H3,(H,52,61)/t37-/m0/s1. The summed E-state index contributed by atoms with van der Waals surface area (Å²) in [6.45, 7) is 16.2. The number of aromatic nitrogens is 6. The average Bonchev–Trinajstić information content (AvgIpc) is 3.90. The number of piperidine rings is 1. The molecule has 0 unspecified atom stereocenters. The maximum atomic E-state index is 14.1. The fourth-order valence-corrected chi connectivity index (χ4v) is 10.4. The quantitative estimate of drug-likeness (QED) is 0.131. The molecule has 3 N–H and O–H groups in total. The van der Waals surface area contributed by atoms with E-state index in [9.17, 15) is 20.1 Å². The summed E-state index contributed by atoms with van der Waals surface area (Å²) in [5, 5.41) is 50.6. The van der Waals surface area contributed by atoms with Crippen LogP contribution in [-0.2, 0) is 4.79 Å². The number of anilines is 1. The molecule has 1 atom stereocenters. The molecule has 0 radical (unpaired) electrons. The first-order valence-electron chi connectivity index (χ1n) is 21.3. The molecule has 3 aromatic carbocycles. The molecule has 1 amide bonds. The minimum Gasteiger partial charge on any atom is -0.508 e. The van der Waals surface area contributed by atoms with Crippen molar-refractivity contribution in [3.63, 3.8) is 0 Å². The predicted molar refractivity (Wildman–Crippen MR) is 242 cm³/mol. The van der Waals surface area contributed by atoms with E-state index in [2.05, 4.69) is 48.6 Å². The van der Waals surface area contributed by atoms with Crippen molar-refractivity contribution in [1.29, 1.82) is 0 Å². The second kappa shape index (κ2) is 16.8. The lowest BCUT2D eigenvalue weighted by molar-refractivity contribution is -0.133. The number of benzene rings is 3. The van der Waals surface area contributed by atoms with Crippen molar-refractivity contribution in [3.8, 4) is 39.6 Å². The molecule has 9 rings (SSSR count). The number of halogens is 1. The third-order valence-corrected chi connectivity index (χ3v) is 14.2. The Balaban J connectivity index is 0.811. The Morgan fingerprint density at radius 3 is 2.21 bits per heavy atom. The minimum absolute atomic E-state index is 0.00577. The molecule has 16 heteroatoms. The molecule has 3 aromatic heterocycles. The molecule has 3 aliphatic rings. The van der Waals surface area contributed by atoms with E-state index in [0.717, 1.165) is 92.0 Å². The first-order chi connectivity index (χ1) is 29.8. The summed E-state index contributed by atoms with van der Waals surface area (Å²) in [5.41, 5.74) is 6.80. The molecule has 0 bridgehead atoms. The van der Waals surface area contributed by atoms with Crippen LogP contribution in [0.3, 0.4) is 0 Å². The Morgan fingerprint density at radius 1 is 0.823 bits per heavy atom. The highest BCUT2D eigenvalue weighted by atomic mass is 35.5. The number of amides is 1. The lowest BCUT2D eigenvalue weighted by Crippen LogP contribution is -2.49. The van der Waals surface area contributed by atoms with Gasteiger partial charge < -0.3 is 25.1 Å². The van der Waals surface area contributed by atoms with Gasteiger partial charge in [-0.25, -0.2) is 4.57 Å². The average molecular weight is 875 g/mol. The summed E-state index contributed by atoms with van der Waals surface area (Å²) < 4.78 is 3.59. The Morgan fingerprint density at radius 2 is 1.52 bits per heavy atom. The number of hydrogen-bond acceptors (Lipinski definition) is 12. The highest BCUT2D eigenvalue weighted by molar-refractivity contribution is 7.15. The van der Waals surface area contributed by atoms with Gasteiger partial charge in [0, 0.05) is 78.6 Å². The number of carbonyl (C=O) groups excluding carboxylic acids is 1. The third kappa shape index (κ3) is 7.81. The number of aliphatic imine (C=N–C) groups is 1. The molecule has 0 aliphatic carbocycles. The van der Waals surface area contributed by atoms with Crippen LogP contribution in [0.15, 0.2) is 65.7 Å². The van der Waals surface area contributed by atoms with Crippen LogP contribution in [0, 0.1) is 26.7 Å². The minimum atomic E-state index is -0.482. The molecule has 62 heavy (non-hydrogen) atoms. The summed E-state index contributed by atoms with van der Waals surface area (Å²) in [4.78, 5) is 27.5. The van der Waals surface area contributed by atoms with Gasteiger partial charge in [0.1, 0.15) is 28.4 Å². The van der Waals surface area contributed by atoms with Crippen molar-refractivity contribution in [1.82, 2.24) is 39.3 Å². The number of thiophene rings is 1. The van der Waals surface area contributed by atoms with Crippen LogP contribution in [0.5, 0.6) is 17.5 Å². The molecule has 0 spiro atoms. The summed E-state index contributed by atoms with van der Waals surface area (Å²) in [6.07, 6.45) is 2.14. The second-order valence-electron chi connectivity index (χ2n) is 17.0. The van der Waals surface area contributed by atoms with Crippen molar-refractivity contribution in [2.75, 3.05) is 50.7 Å². The molecule has 6 heterocycles. The number of aromatic hydroxyl groups is 3. The maximum absolute atomic E-state index is 14.1. The topological polar surface area (TPSA) is 161 Å². The van der Waals surface area contributed by atoms with Crippen molar-refractivity contribution in [2.45, 2.75) is 65.8 Å². The summed E-state index contributed by atoms with van der Waals surface area (Å²) in [5.74, 6) is 2.23. The van der Waals surface area contributed by atoms with Gasteiger partial charge in [-0.05, 0) is 99.0 Å². The van der Waals surface area contributed by atoms with Gasteiger partial charge in [0.25, 0.3) is 0 Å². The van der Waals surface area contributed by atoms with E-state index in [4.69, 9.17) is 16.6 Å². The second-order valence-corrected chi connectivity index (χ2v) is 18.6. The van der Waals surface area contributed by atoms with Gasteiger partial charge in [-0.2, -0.15) is 0 Å². The van der Waals surface area contributed by atoms with Crippen LogP contribution < -0.4 is 4.90 Å². The van der Waals surface area contributed by atoms with Gasteiger partial charge in [-0.3, -0.25) is 19.3 Å². The fraction of sp³-hybridized carbons (Fsp3) is 0.391. The molecule has 2 saturated heterocycles. The number of phenols is 2. The van der Waals surface area contributed by atoms with Crippen LogP contribution in [0.25, 0.3) is 22.1 Å². The number of nitrogens with zero attached hydrogens (tertiary/aromatic N) is 10. The number of phenolic OH excluding ortho intramolecular Hbond substituents is 2. The maximum Gasteiger partial charge on any atom is 0.319 e. The molecule has 3 aliphatic heterocycles. The van der Waals surface area contributed by atoms with Crippen LogP contribution in [0.1, 0.15) is 83.8 Å². The molecule has 6 aromatic rings. The highest BCUT2D eigenvalue weighted by Crippen LogP contribution is 2.41. The number of piperazine rings is 1. The number of likely N-dealkylation sites (tertiary alicyclic amines) is 1. The number of fused-ring (bicyclic) bond motifs is 3. The number of hydrogen-bond donors (Lipinski definition) is 3. The smallest absolute Gasteiger partial charge is 0.319 e. The fourth-order valence-electron chi connectivity index (χ4n) is 9.08. The van der Waals surface area contributed by atoms with Gasteiger partial charge in [-0.15, -0.1) is 26.6 Å². The summed E-state index contributed by atoms with van der Waals surface area (Å²) >= 11 is 8.00. The van der Waals surface area contributed by atoms with Crippen LogP contribution in [0.2, 0.25) is 5.02 Å². The monoisotopic (exact) mass is 874 g/mol. The number of aryl methyl sites for hydroxylation is 2. The van der Waals surface area contributed by atoms with Gasteiger partial charge in [0.05, 0.1) is 23.4 Å². The van der Waals surface area contributed by atoms with Crippen molar-refractivity contribution < 1.29 is 20.1 Å². The molecule has 14 nitrogen and oxygen atoms in total. The predicted octanol–water partition coefficient (Wildman–Crippen LogP) is 7.74. The molecule has 2 fully saturated rings. The largest absolute Gasteiger partial charge is 0.508 e. The van der Waals surface area contributed by atoms with Crippen molar-refractivity contribution in [2.24, 2.45) is 10.9 Å². The summed E-state index contributed by atoms with van der Waals surface area (Å²) in [6, 6.07) is 17.9. The first kappa shape index (κ1) is 41.6. The Hall–Kier alpha value is -5.77. The van der Waals surface area contributed by atoms with E-state index in [1.165, 1.54) is 21.1 Å². The zero-order valence-corrected chi connectivity index (χ0v) is 37.2. The van der Waals surface area contributed by atoms with Gasteiger partial charge in [0.15, 0.2) is 11.6 Å². The van der Waals surface area contributed by atoms with E-state index >= 15 is 0 Å². The van der Waals surface area contributed by atoms with Crippen LogP contribution >= 0.6 is 22.9 Å². The van der Waals surface area contributed by atoms with E-state index in [-0.39, 0.29) is 41.6 Å². The third-order valence-electron chi connectivity index (χ3n) is 12.7. The number of rotatable bonds is 9. The normalized spacial score (nSPS) is 17.3. The van der Waals surface area contributed by atoms with E-state index in [1.54, 1.807) is 17.4 Å². The van der Waals surface area contributed by atoms with E-state index in [1.807, 2.05) is 74.2 Å². The summed E-state index contributed by atoms with van der Waals surface area (Å²) in [7, 11) is 0. The van der Waals surface area contributed by atoms with Gasteiger partial charge in [0.2, 0.25) is 5.91 Å². The van der Waals surface area contributed by atoms with E-state index < -0.39 is 6.04 Å². The van der Waals surface area contributed by atoms with Gasteiger partial charge in [-0.1, -0.05) is 42.7 Å². The van der Waals surface area contributed by atoms with Crippen LogP contribution in [0.4, 0.5) is 5.69 Å². The molecular weight excluding hydrogens is 824 g/mol. The molecule has 322 valence electrons. The Labute approximate surface area is 369 Å².